The fourth-order valence-electron chi connectivity index (χ4n) is 3.11. The van der Waals surface area contributed by atoms with Crippen LogP contribution in [0.5, 0.6) is 0 Å². The first kappa shape index (κ1) is 23.6. The fourth-order valence-corrected chi connectivity index (χ4v) is 7.14. The van der Waals surface area contributed by atoms with Crippen molar-refractivity contribution in [3.8, 4) is 0 Å². The van der Waals surface area contributed by atoms with Crippen molar-refractivity contribution in [1.29, 1.82) is 0 Å². The minimum Gasteiger partial charge on any atom is -0.270 e. The summed E-state index contributed by atoms with van der Waals surface area (Å²) in [7, 11) is -6.75. The van der Waals surface area contributed by atoms with E-state index in [0.29, 0.717) is 0 Å². The van der Waals surface area contributed by atoms with Gasteiger partial charge in [0.2, 0.25) is 0 Å². The highest BCUT2D eigenvalue weighted by Gasteiger charge is 2.22. The summed E-state index contributed by atoms with van der Waals surface area (Å²) < 4.78 is 58.4. The molecule has 31 heavy (non-hydrogen) atoms. The number of hydrogen-bond acceptors (Lipinski definition) is 6. The molecule has 0 aliphatic carbocycles. The van der Waals surface area contributed by atoms with E-state index in [2.05, 4.69) is 21.4 Å². The standard InChI is InChI=1S/C22H23O6PS2/c1-4-17-8-5-9-18(14-17)29(19-10-6-12-21(15-19)30(23,24)27-2)20-11-7-13-22(16-20)31(25,26)28-3/h5-16H,4H2,1-3H3. The predicted molar refractivity (Wildman–Crippen MR) is 123 cm³/mol. The Balaban J connectivity index is 2.25. The van der Waals surface area contributed by atoms with Crippen molar-refractivity contribution >= 4 is 44.1 Å². The lowest BCUT2D eigenvalue weighted by Crippen LogP contribution is -2.22. The molecule has 0 N–H and O–H groups in total. The minimum atomic E-state index is -3.87. The van der Waals surface area contributed by atoms with Gasteiger partial charge in [-0.1, -0.05) is 55.5 Å². The monoisotopic (exact) mass is 478 g/mol. The Morgan fingerprint density at radius 1 is 0.677 bits per heavy atom. The number of benzene rings is 3. The van der Waals surface area contributed by atoms with Gasteiger partial charge in [-0.25, -0.2) is 0 Å². The molecule has 6 nitrogen and oxygen atoms in total. The van der Waals surface area contributed by atoms with Gasteiger partial charge in [0.05, 0.1) is 24.0 Å². The Bertz CT molecular complexity index is 1210. The van der Waals surface area contributed by atoms with Gasteiger partial charge < -0.3 is 0 Å². The van der Waals surface area contributed by atoms with Gasteiger partial charge in [0, 0.05) is 0 Å². The summed E-state index contributed by atoms with van der Waals surface area (Å²) in [6.45, 7) is 2.05. The molecule has 0 fully saturated rings. The van der Waals surface area contributed by atoms with E-state index in [1.807, 2.05) is 30.3 Å². The van der Waals surface area contributed by atoms with E-state index in [1.54, 1.807) is 24.3 Å². The summed E-state index contributed by atoms with van der Waals surface area (Å²) in [6.07, 6.45) is 0.840. The number of aryl methyl sites for hydroxylation is 1. The maximum atomic E-state index is 12.3. The van der Waals surface area contributed by atoms with Gasteiger partial charge in [0.1, 0.15) is 0 Å². The van der Waals surface area contributed by atoms with Crippen LogP contribution in [0, 0.1) is 0 Å². The molecular weight excluding hydrogens is 455 g/mol. The van der Waals surface area contributed by atoms with Crippen LogP contribution in [0.3, 0.4) is 0 Å². The lowest BCUT2D eigenvalue weighted by molar-refractivity contribution is 0.397. The molecule has 0 heterocycles. The third-order valence-corrected chi connectivity index (χ3v) is 9.67. The maximum Gasteiger partial charge on any atom is 0.296 e. The van der Waals surface area contributed by atoms with Crippen molar-refractivity contribution < 1.29 is 25.2 Å². The maximum absolute atomic E-state index is 12.3. The van der Waals surface area contributed by atoms with Gasteiger partial charge in [-0.2, -0.15) is 16.8 Å². The normalized spacial score (nSPS) is 12.3. The quantitative estimate of drug-likeness (QED) is 0.366. The van der Waals surface area contributed by atoms with Crippen molar-refractivity contribution in [3.63, 3.8) is 0 Å². The lowest BCUT2D eigenvalue weighted by Gasteiger charge is -2.21. The molecule has 3 rings (SSSR count). The van der Waals surface area contributed by atoms with Crippen LogP contribution in [0.1, 0.15) is 12.5 Å². The average molecular weight is 479 g/mol. The first-order valence-corrected chi connectivity index (χ1v) is 13.6. The molecular formula is C22H23O6PS2. The van der Waals surface area contributed by atoms with Crippen LogP contribution in [-0.2, 0) is 35.0 Å². The van der Waals surface area contributed by atoms with Crippen LogP contribution < -0.4 is 15.9 Å². The van der Waals surface area contributed by atoms with Crippen molar-refractivity contribution in [1.82, 2.24) is 0 Å². The van der Waals surface area contributed by atoms with E-state index >= 15 is 0 Å². The summed E-state index contributed by atoms with van der Waals surface area (Å²) in [6, 6.07) is 21.2. The summed E-state index contributed by atoms with van der Waals surface area (Å²) >= 11 is 0. The van der Waals surface area contributed by atoms with Crippen LogP contribution in [0.25, 0.3) is 0 Å². The molecule has 0 bridgehead atoms. The molecule has 3 aromatic rings. The molecule has 0 radical (unpaired) electrons. The van der Waals surface area contributed by atoms with Gasteiger partial charge in [0.25, 0.3) is 20.2 Å². The first-order valence-electron chi connectivity index (χ1n) is 9.42. The summed E-state index contributed by atoms with van der Waals surface area (Å²) in [5.74, 6) is 0. The second-order valence-electron chi connectivity index (χ2n) is 6.60. The molecule has 9 heteroatoms. The van der Waals surface area contributed by atoms with Crippen LogP contribution >= 0.6 is 7.92 Å². The van der Waals surface area contributed by atoms with Gasteiger partial charge in [0.15, 0.2) is 0 Å². The van der Waals surface area contributed by atoms with E-state index in [4.69, 9.17) is 0 Å². The fraction of sp³-hybridized carbons (Fsp3) is 0.182. The molecule has 0 aliphatic rings. The number of hydrogen-bond donors (Lipinski definition) is 0. The van der Waals surface area contributed by atoms with Gasteiger partial charge in [-0.3, -0.25) is 8.37 Å². The zero-order valence-electron chi connectivity index (χ0n) is 17.3. The van der Waals surface area contributed by atoms with Gasteiger partial charge in [-0.15, -0.1) is 0 Å². The summed E-state index contributed by atoms with van der Waals surface area (Å²) in [4.78, 5) is 0.0969. The second-order valence-corrected chi connectivity index (χ2v) is 12.2. The molecule has 0 atom stereocenters. The Kier molecular flexibility index (Phi) is 7.29. The van der Waals surface area contributed by atoms with Crippen molar-refractivity contribution in [2.24, 2.45) is 0 Å². The smallest absolute Gasteiger partial charge is 0.270 e. The molecule has 164 valence electrons. The van der Waals surface area contributed by atoms with Crippen LogP contribution in [-0.4, -0.2) is 31.1 Å². The SMILES string of the molecule is CCc1cccc(P(c2cccc(S(=O)(=O)OC)c2)c2cccc(S(=O)(=O)OC)c2)c1. The third kappa shape index (κ3) is 5.22. The van der Waals surface area contributed by atoms with Gasteiger partial charge in [-0.05, 0) is 60.1 Å². The van der Waals surface area contributed by atoms with E-state index in [-0.39, 0.29) is 9.79 Å². The Labute approximate surface area is 184 Å². The lowest BCUT2D eigenvalue weighted by atomic mass is 10.2. The van der Waals surface area contributed by atoms with Crippen molar-refractivity contribution in [2.75, 3.05) is 14.2 Å². The van der Waals surface area contributed by atoms with Crippen LogP contribution in [0.2, 0.25) is 0 Å². The highest BCUT2D eigenvalue weighted by atomic mass is 32.2. The average Bonchev–Trinajstić information content (AvgIpc) is 2.80. The topological polar surface area (TPSA) is 86.7 Å². The van der Waals surface area contributed by atoms with Crippen molar-refractivity contribution in [3.05, 3.63) is 78.4 Å². The summed E-state index contributed by atoms with van der Waals surface area (Å²) in [5.41, 5.74) is 1.13. The molecule has 0 amide bonds. The molecule has 0 aliphatic heterocycles. The van der Waals surface area contributed by atoms with Crippen LogP contribution in [0.4, 0.5) is 0 Å². The predicted octanol–water partition coefficient (Wildman–Crippen LogP) is 2.68. The Morgan fingerprint density at radius 3 is 1.52 bits per heavy atom. The minimum absolute atomic E-state index is 0.0484. The highest BCUT2D eigenvalue weighted by molar-refractivity contribution is 7.87. The molecule has 0 unspecified atom stereocenters. The Hall–Kier alpha value is -2.09. The zero-order valence-corrected chi connectivity index (χ0v) is 19.9. The van der Waals surface area contributed by atoms with Gasteiger partial charge >= 0.3 is 0 Å². The zero-order chi connectivity index (χ0) is 22.6. The third-order valence-electron chi connectivity index (χ3n) is 4.74. The first-order chi connectivity index (χ1) is 14.7. The molecule has 0 saturated carbocycles. The van der Waals surface area contributed by atoms with Crippen molar-refractivity contribution in [2.45, 2.75) is 23.1 Å². The van der Waals surface area contributed by atoms with E-state index in [9.17, 15) is 16.8 Å². The molecule has 0 spiro atoms. The van der Waals surface area contributed by atoms with E-state index in [0.717, 1.165) is 42.1 Å². The molecule has 0 saturated heterocycles. The highest BCUT2D eigenvalue weighted by Crippen LogP contribution is 2.34. The van der Waals surface area contributed by atoms with Crippen LogP contribution in [0.15, 0.2) is 82.6 Å². The molecule has 3 aromatic carbocycles. The largest absolute Gasteiger partial charge is 0.296 e. The molecule has 0 aromatic heterocycles. The number of rotatable bonds is 8. The Morgan fingerprint density at radius 2 is 1.10 bits per heavy atom. The second kappa shape index (κ2) is 9.59. The summed E-state index contributed by atoms with van der Waals surface area (Å²) in [5, 5.41) is 2.50. The van der Waals surface area contributed by atoms with E-state index < -0.39 is 28.2 Å². The van der Waals surface area contributed by atoms with E-state index in [1.165, 1.54) is 12.1 Å².